The molecule has 0 bridgehead atoms. The van der Waals surface area contributed by atoms with E-state index >= 15 is 0 Å². The lowest BCUT2D eigenvalue weighted by Crippen LogP contribution is -2.35. The second-order valence-electron chi connectivity index (χ2n) is 9.95. The maximum Gasteiger partial charge on any atom is 0.269 e. The molecule has 190 valence electrons. The zero-order valence-electron chi connectivity index (χ0n) is 20.1. The van der Waals surface area contributed by atoms with E-state index in [-0.39, 0.29) is 28.0 Å². The fourth-order valence-electron chi connectivity index (χ4n) is 5.41. The van der Waals surface area contributed by atoms with Crippen molar-refractivity contribution in [3.05, 3.63) is 54.1 Å². The summed E-state index contributed by atoms with van der Waals surface area (Å²) in [5, 5.41) is 8.53. The maximum absolute atomic E-state index is 13.4. The van der Waals surface area contributed by atoms with Crippen molar-refractivity contribution in [3.8, 4) is 0 Å². The van der Waals surface area contributed by atoms with Gasteiger partial charge < -0.3 is 0 Å². The number of hydrogen-bond acceptors (Lipinski definition) is 7. The Morgan fingerprint density at radius 3 is 2.47 bits per heavy atom. The first kappa shape index (κ1) is 23.6. The molecule has 1 aromatic carbocycles. The van der Waals surface area contributed by atoms with Crippen LogP contribution in [0.25, 0.3) is 16.8 Å². The first-order valence-corrected chi connectivity index (χ1v) is 15.2. The fraction of sp³-hybridized carbons (Fsp3) is 0.458. The van der Waals surface area contributed by atoms with Crippen LogP contribution >= 0.6 is 0 Å². The van der Waals surface area contributed by atoms with Gasteiger partial charge in [0.05, 0.1) is 21.9 Å². The van der Waals surface area contributed by atoms with E-state index in [2.05, 4.69) is 26.8 Å². The van der Waals surface area contributed by atoms with Gasteiger partial charge in [-0.3, -0.25) is 4.40 Å². The molecule has 12 heteroatoms. The van der Waals surface area contributed by atoms with Gasteiger partial charge in [0.25, 0.3) is 10.0 Å². The van der Waals surface area contributed by atoms with Crippen LogP contribution in [0.5, 0.6) is 0 Å². The lowest BCUT2D eigenvalue weighted by molar-refractivity contribution is 0.449. The van der Waals surface area contributed by atoms with Crippen molar-refractivity contribution < 1.29 is 16.8 Å². The van der Waals surface area contributed by atoms with Crippen LogP contribution < -0.4 is 4.72 Å². The zero-order chi connectivity index (χ0) is 25.2. The molecule has 0 aliphatic heterocycles. The molecule has 0 unspecified atom stereocenters. The Bertz CT molecular complexity index is 1670. The summed E-state index contributed by atoms with van der Waals surface area (Å²) in [7, 11) is -7.13. The highest BCUT2D eigenvalue weighted by Crippen LogP contribution is 2.42. The third-order valence-electron chi connectivity index (χ3n) is 7.48. The van der Waals surface area contributed by atoms with Crippen LogP contribution in [0.3, 0.4) is 0 Å². The molecular formula is C24H28N6O4S2. The number of nitrogens with one attached hydrogen (secondary N) is 1. The first-order chi connectivity index (χ1) is 17.2. The molecule has 0 radical (unpaired) electrons. The number of rotatable bonds is 7. The molecule has 3 atom stereocenters. The van der Waals surface area contributed by atoms with Gasteiger partial charge in [-0.25, -0.2) is 30.5 Å². The van der Waals surface area contributed by atoms with Gasteiger partial charge in [0, 0.05) is 18.2 Å². The molecule has 2 fully saturated rings. The Hall–Kier alpha value is -2.83. The van der Waals surface area contributed by atoms with Gasteiger partial charge in [-0.2, -0.15) is 0 Å². The third-order valence-corrected chi connectivity index (χ3v) is 11.2. The molecule has 1 N–H and O–H groups in total. The Morgan fingerprint density at radius 1 is 1.03 bits per heavy atom. The Morgan fingerprint density at radius 2 is 1.78 bits per heavy atom. The van der Waals surface area contributed by atoms with Crippen LogP contribution in [0.4, 0.5) is 0 Å². The average Bonchev–Trinajstić information content (AvgIpc) is 3.31. The summed E-state index contributed by atoms with van der Waals surface area (Å²) in [6, 6.07) is 8.28. The standard InChI is InChI=1S/C24H28N6O4S2/c1-3-16-12-17(28-35(31,32)18-8-9-18)13-20(16)23-27-26-22-14-25-24-21(30(22)23)10-11-29(24)36(33,34)19-6-4-15(2)5-7-19/h4-7,10-11,14,16-18,20,28H,3,8-9,12-13H2,1-2H3/t16-,17+,20+/m0/s1. The summed E-state index contributed by atoms with van der Waals surface area (Å²) < 4.78 is 57.8. The molecule has 4 aromatic rings. The van der Waals surface area contributed by atoms with Gasteiger partial charge in [0.1, 0.15) is 5.82 Å². The Kier molecular flexibility index (Phi) is 5.47. The first-order valence-electron chi connectivity index (χ1n) is 12.2. The van der Waals surface area contributed by atoms with Crippen LogP contribution in [0.15, 0.2) is 47.6 Å². The molecule has 3 aromatic heterocycles. The molecule has 0 amide bonds. The summed E-state index contributed by atoms with van der Waals surface area (Å²) in [5.41, 5.74) is 2.39. The Balaban J connectivity index is 1.40. The van der Waals surface area contributed by atoms with E-state index in [1.807, 2.05) is 11.3 Å². The second-order valence-corrected chi connectivity index (χ2v) is 13.8. The number of aryl methyl sites for hydroxylation is 1. The zero-order valence-corrected chi connectivity index (χ0v) is 21.7. The van der Waals surface area contributed by atoms with Crippen molar-refractivity contribution in [2.75, 3.05) is 0 Å². The molecule has 0 saturated heterocycles. The van der Waals surface area contributed by atoms with Gasteiger partial charge in [-0.1, -0.05) is 31.0 Å². The van der Waals surface area contributed by atoms with E-state index < -0.39 is 20.0 Å². The molecule has 6 rings (SSSR count). The molecule has 0 spiro atoms. The maximum atomic E-state index is 13.4. The highest BCUT2D eigenvalue weighted by atomic mass is 32.2. The van der Waals surface area contributed by atoms with Crippen molar-refractivity contribution in [3.63, 3.8) is 0 Å². The van der Waals surface area contributed by atoms with Crippen molar-refractivity contribution in [2.45, 2.75) is 68.1 Å². The predicted molar refractivity (Wildman–Crippen MR) is 135 cm³/mol. The molecule has 3 heterocycles. The largest absolute Gasteiger partial charge is 0.274 e. The summed E-state index contributed by atoms with van der Waals surface area (Å²) >= 11 is 0. The van der Waals surface area contributed by atoms with Crippen molar-refractivity contribution >= 4 is 36.9 Å². The summed E-state index contributed by atoms with van der Waals surface area (Å²) in [6.45, 7) is 4.00. The number of aromatic nitrogens is 5. The topological polar surface area (TPSA) is 128 Å². The van der Waals surface area contributed by atoms with E-state index in [0.717, 1.165) is 31.2 Å². The van der Waals surface area contributed by atoms with Gasteiger partial charge in [0.2, 0.25) is 10.0 Å². The summed E-state index contributed by atoms with van der Waals surface area (Å²) in [5.74, 6) is 0.924. The van der Waals surface area contributed by atoms with Gasteiger partial charge in [-0.05, 0) is 56.7 Å². The van der Waals surface area contributed by atoms with Gasteiger partial charge in [0.15, 0.2) is 11.3 Å². The number of fused-ring (bicyclic) bond motifs is 3. The summed E-state index contributed by atoms with van der Waals surface area (Å²) in [4.78, 5) is 4.60. The average molecular weight is 529 g/mol. The monoisotopic (exact) mass is 528 g/mol. The lowest BCUT2D eigenvalue weighted by Gasteiger charge is -2.16. The van der Waals surface area contributed by atoms with E-state index in [4.69, 9.17) is 0 Å². The van der Waals surface area contributed by atoms with Crippen LogP contribution in [0, 0.1) is 12.8 Å². The number of nitrogens with zero attached hydrogens (tertiary/aromatic N) is 5. The van der Waals surface area contributed by atoms with Crippen molar-refractivity contribution in [1.82, 2.24) is 28.3 Å². The van der Waals surface area contributed by atoms with E-state index in [0.29, 0.717) is 29.1 Å². The van der Waals surface area contributed by atoms with Crippen LogP contribution in [-0.2, 0) is 20.0 Å². The SMILES string of the molecule is CC[C@H]1C[C@@H](NS(=O)(=O)C2CC2)C[C@H]1c1nnc2cnc3c(ccn3S(=O)(=O)c3ccc(C)cc3)n12. The number of benzene rings is 1. The highest BCUT2D eigenvalue weighted by Gasteiger charge is 2.42. The summed E-state index contributed by atoms with van der Waals surface area (Å²) in [6.07, 6.45) is 6.72. The van der Waals surface area contributed by atoms with Crippen LogP contribution in [-0.4, -0.2) is 51.7 Å². The highest BCUT2D eigenvalue weighted by molar-refractivity contribution is 7.90. The smallest absolute Gasteiger partial charge is 0.269 e. The number of sulfonamides is 1. The minimum absolute atomic E-state index is 0.0143. The molecule has 2 saturated carbocycles. The number of hydrogen-bond donors (Lipinski definition) is 1. The Labute approximate surface area is 209 Å². The molecular weight excluding hydrogens is 500 g/mol. The van der Waals surface area contributed by atoms with Crippen LogP contribution in [0.1, 0.15) is 56.3 Å². The third kappa shape index (κ3) is 3.82. The lowest BCUT2D eigenvalue weighted by atomic mass is 9.93. The van der Waals surface area contributed by atoms with E-state index in [9.17, 15) is 16.8 Å². The van der Waals surface area contributed by atoms with Crippen LogP contribution in [0.2, 0.25) is 0 Å². The minimum atomic E-state index is -3.85. The molecule has 10 nitrogen and oxygen atoms in total. The van der Waals surface area contributed by atoms with E-state index in [1.165, 1.54) is 16.4 Å². The van der Waals surface area contributed by atoms with Gasteiger partial charge >= 0.3 is 0 Å². The molecule has 2 aliphatic rings. The van der Waals surface area contributed by atoms with Gasteiger partial charge in [-0.15, -0.1) is 10.2 Å². The fourth-order valence-corrected chi connectivity index (χ4v) is 8.31. The molecule has 36 heavy (non-hydrogen) atoms. The van der Waals surface area contributed by atoms with Crippen molar-refractivity contribution in [2.24, 2.45) is 5.92 Å². The molecule has 2 aliphatic carbocycles. The van der Waals surface area contributed by atoms with E-state index in [1.54, 1.807) is 30.3 Å². The normalized spacial score (nSPS) is 23.1. The second kappa shape index (κ2) is 8.35. The van der Waals surface area contributed by atoms with Crippen molar-refractivity contribution in [1.29, 1.82) is 0 Å². The quantitative estimate of drug-likeness (QED) is 0.390. The minimum Gasteiger partial charge on any atom is -0.274 e. The predicted octanol–water partition coefficient (Wildman–Crippen LogP) is 2.98.